The minimum Gasteiger partial charge on any atom is -0.375 e. The van der Waals surface area contributed by atoms with Gasteiger partial charge in [0.1, 0.15) is 0 Å². The number of amides is 2. The molecule has 2 aliphatic heterocycles. The summed E-state index contributed by atoms with van der Waals surface area (Å²) in [6.07, 6.45) is 0.246. The highest BCUT2D eigenvalue weighted by Gasteiger charge is 2.45. The van der Waals surface area contributed by atoms with Crippen LogP contribution in [-0.4, -0.2) is 41.3 Å². The smallest absolute Gasteiger partial charge is 0.261 e. The lowest BCUT2D eigenvalue weighted by Crippen LogP contribution is -2.45. The third-order valence-electron chi connectivity index (χ3n) is 4.81. The Morgan fingerprint density at radius 3 is 2.20 bits per heavy atom. The van der Waals surface area contributed by atoms with Crippen molar-refractivity contribution in [1.82, 2.24) is 4.90 Å². The minimum absolute atomic E-state index is 0.0471. The number of Topliss-reactive ketones (excluding diaryl/α,β-unsaturated/α-hetero) is 1. The number of ketones is 1. The normalized spacial score (nSPS) is 22.3. The van der Waals surface area contributed by atoms with Crippen LogP contribution in [0.3, 0.4) is 0 Å². The van der Waals surface area contributed by atoms with Crippen molar-refractivity contribution in [2.75, 3.05) is 6.61 Å². The summed E-state index contributed by atoms with van der Waals surface area (Å²) in [6, 6.07) is 15.4. The molecule has 2 heterocycles. The lowest BCUT2D eigenvalue weighted by atomic mass is 9.99. The van der Waals surface area contributed by atoms with Gasteiger partial charge in [-0.15, -0.1) is 0 Å². The second-order valence-electron chi connectivity index (χ2n) is 6.28. The first-order valence-electron chi connectivity index (χ1n) is 8.33. The Kier molecular flexibility index (Phi) is 3.93. The zero-order valence-electron chi connectivity index (χ0n) is 13.6. The van der Waals surface area contributed by atoms with Gasteiger partial charge >= 0.3 is 0 Å². The predicted octanol–water partition coefficient (Wildman–Crippen LogP) is 2.71. The number of hydrogen-bond acceptors (Lipinski definition) is 4. The molecule has 5 nitrogen and oxygen atoms in total. The standard InChI is InChI=1S/C20H17NO4/c22-17(13-6-2-1-3-7-13)12-18-16(10-11-25-18)21-19(23)14-8-4-5-9-15(14)20(21)24/h1-9,16,18H,10-12H2/t16-,18-/m1/s1. The van der Waals surface area contributed by atoms with E-state index in [1.54, 1.807) is 36.4 Å². The monoisotopic (exact) mass is 335 g/mol. The van der Waals surface area contributed by atoms with Crippen molar-refractivity contribution in [3.05, 3.63) is 71.3 Å². The summed E-state index contributed by atoms with van der Waals surface area (Å²) in [7, 11) is 0. The van der Waals surface area contributed by atoms with Crippen LogP contribution in [0.15, 0.2) is 54.6 Å². The molecular formula is C20H17NO4. The molecule has 1 saturated heterocycles. The molecule has 0 N–H and O–H groups in total. The second-order valence-corrected chi connectivity index (χ2v) is 6.28. The van der Waals surface area contributed by atoms with Crippen LogP contribution >= 0.6 is 0 Å². The molecule has 2 atom stereocenters. The van der Waals surface area contributed by atoms with E-state index in [9.17, 15) is 14.4 Å². The highest BCUT2D eigenvalue weighted by Crippen LogP contribution is 2.31. The third-order valence-corrected chi connectivity index (χ3v) is 4.81. The fourth-order valence-corrected chi connectivity index (χ4v) is 3.56. The molecule has 0 aliphatic carbocycles. The Bertz CT molecular complexity index is 811. The summed E-state index contributed by atoms with van der Waals surface area (Å²) < 4.78 is 5.70. The quantitative estimate of drug-likeness (QED) is 0.637. The third kappa shape index (κ3) is 2.66. The topological polar surface area (TPSA) is 63.7 Å². The molecule has 0 spiro atoms. The van der Waals surface area contributed by atoms with E-state index in [4.69, 9.17) is 4.74 Å². The van der Waals surface area contributed by atoms with E-state index >= 15 is 0 Å². The first-order valence-corrected chi connectivity index (χ1v) is 8.33. The first kappa shape index (κ1) is 15.7. The number of carbonyl (C=O) groups is 3. The van der Waals surface area contributed by atoms with Crippen LogP contribution in [-0.2, 0) is 4.74 Å². The number of fused-ring (bicyclic) bond motifs is 1. The highest BCUT2D eigenvalue weighted by atomic mass is 16.5. The molecule has 2 aliphatic rings. The summed E-state index contributed by atoms with van der Waals surface area (Å²) in [5.74, 6) is -0.643. The molecule has 25 heavy (non-hydrogen) atoms. The van der Waals surface area contributed by atoms with Gasteiger partial charge in [0.25, 0.3) is 11.8 Å². The van der Waals surface area contributed by atoms with Gasteiger partial charge in [-0.3, -0.25) is 19.3 Å². The fraction of sp³-hybridized carbons (Fsp3) is 0.250. The highest BCUT2D eigenvalue weighted by molar-refractivity contribution is 6.21. The molecule has 2 aromatic carbocycles. The van der Waals surface area contributed by atoms with E-state index in [0.717, 1.165) is 0 Å². The molecule has 4 rings (SSSR count). The van der Waals surface area contributed by atoms with Crippen LogP contribution in [0.25, 0.3) is 0 Å². The van der Waals surface area contributed by atoms with Crippen LogP contribution < -0.4 is 0 Å². The van der Waals surface area contributed by atoms with Crippen LogP contribution in [0.4, 0.5) is 0 Å². The molecule has 126 valence electrons. The van der Waals surface area contributed by atoms with Crippen molar-refractivity contribution in [1.29, 1.82) is 0 Å². The van der Waals surface area contributed by atoms with Gasteiger partial charge in [-0.25, -0.2) is 0 Å². The predicted molar refractivity (Wildman–Crippen MR) is 90.5 cm³/mol. The lowest BCUT2D eigenvalue weighted by Gasteiger charge is -2.26. The summed E-state index contributed by atoms with van der Waals surface area (Å²) >= 11 is 0. The maximum atomic E-state index is 12.7. The minimum atomic E-state index is -0.463. The van der Waals surface area contributed by atoms with Crippen LogP contribution in [0.2, 0.25) is 0 Å². The molecule has 0 saturated carbocycles. The maximum Gasteiger partial charge on any atom is 0.261 e. The molecule has 0 radical (unpaired) electrons. The number of benzene rings is 2. The Hall–Kier alpha value is -2.79. The van der Waals surface area contributed by atoms with E-state index in [1.165, 1.54) is 4.90 Å². The van der Waals surface area contributed by atoms with E-state index in [2.05, 4.69) is 0 Å². The maximum absolute atomic E-state index is 12.7. The summed E-state index contributed by atoms with van der Waals surface area (Å²) in [5.41, 5.74) is 1.46. The lowest BCUT2D eigenvalue weighted by molar-refractivity contribution is 0.0379. The van der Waals surface area contributed by atoms with Gasteiger partial charge in [-0.2, -0.15) is 0 Å². The average Bonchev–Trinajstić information content (AvgIpc) is 3.19. The Morgan fingerprint density at radius 1 is 0.960 bits per heavy atom. The van der Waals surface area contributed by atoms with Crippen LogP contribution in [0, 0.1) is 0 Å². The van der Waals surface area contributed by atoms with Gasteiger partial charge in [-0.1, -0.05) is 42.5 Å². The van der Waals surface area contributed by atoms with E-state index in [1.807, 2.05) is 18.2 Å². The molecular weight excluding hydrogens is 318 g/mol. The average molecular weight is 335 g/mol. The van der Waals surface area contributed by atoms with Crippen molar-refractivity contribution in [3.63, 3.8) is 0 Å². The van der Waals surface area contributed by atoms with E-state index in [0.29, 0.717) is 29.7 Å². The van der Waals surface area contributed by atoms with Gasteiger partial charge in [0.05, 0.1) is 23.3 Å². The second kappa shape index (κ2) is 6.26. The molecule has 1 fully saturated rings. The molecule has 0 bridgehead atoms. The van der Waals surface area contributed by atoms with Gasteiger partial charge in [0.15, 0.2) is 5.78 Å². The largest absolute Gasteiger partial charge is 0.375 e. The number of carbonyl (C=O) groups excluding carboxylic acids is 3. The van der Waals surface area contributed by atoms with Gasteiger partial charge < -0.3 is 4.74 Å². The van der Waals surface area contributed by atoms with Gasteiger partial charge in [0, 0.05) is 18.6 Å². The van der Waals surface area contributed by atoms with Crippen molar-refractivity contribution in [2.45, 2.75) is 25.0 Å². The molecule has 0 aromatic heterocycles. The number of imide groups is 1. The molecule has 2 aromatic rings. The Morgan fingerprint density at radius 2 is 1.56 bits per heavy atom. The van der Waals surface area contributed by atoms with E-state index in [-0.39, 0.29) is 24.0 Å². The Balaban J connectivity index is 1.56. The van der Waals surface area contributed by atoms with Crippen molar-refractivity contribution < 1.29 is 19.1 Å². The zero-order valence-corrected chi connectivity index (χ0v) is 13.6. The van der Waals surface area contributed by atoms with Crippen molar-refractivity contribution in [3.8, 4) is 0 Å². The van der Waals surface area contributed by atoms with Crippen molar-refractivity contribution in [2.24, 2.45) is 0 Å². The molecule has 5 heteroatoms. The molecule has 2 amide bonds. The van der Waals surface area contributed by atoms with Crippen molar-refractivity contribution >= 4 is 17.6 Å². The zero-order chi connectivity index (χ0) is 17.4. The SMILES string of the molecule is O=C(C[C@H]1OCC[C@H]1N1C(=O)c2ccccc2C1=O)c1ccccc1. The summed E-state index contributed by atoms with van der Waals surface area (Å²) in [5, 5.41) is 0. The van der Waals surface area contributed by atoms with Crippen LogP contribution in [0.5, 0.6) is 0 Å². The van der Waals surface area contributed by atoms with Gasteiger partial charge in [0.2, 0.25) is 0 Å². The Labute approximate surface area is 145 Å². The summed E-state index contributed by atoms with van der Waals surface area (Å²) in [4.78, 5) is 39.1. The molecule has 0 unspecified atom stereocenters. The summed E-state index contributed by atoms with van der Waals surface area (Å²) in [6.45, 7) is 0.435. The number of hydrogen-bond donors (Lipinski definition) is 0. The first-order chi connectivity index (χ1) is 12.2. The van der Waals surface area contributed by atoms with Crippen LogP contribution in [0.1, 0.15) is 43.9 Å². The number of rotatable bonds is 4. The fourth-order valence-electron chi connectivity index (χ4n) is 3.56. The number of nitrogens with zero attached hydrogens (tertiary/aromatic N) is 1. The van der Waals surface area contributed by atoms with Gasteiger partial charge in [-0.05, 0) is 18.6 Å². The van der Waals surface area contributed by atoms with E-state index < -0.39 is 12.1 Å². The number of ether oxygens (including phenoxy) is 1.